The van der Waals surface area contributed by atoms with E-state index in [0.717, 1.165) is 65.8 Å². The van der Waals surface area contributed by atoms with Gasteiger partial charge in [0.05, 0.1) is 22.5 Å². The van der Waals surface area contributed by atoms with E-state index in [1.807, 2.05) is 40.9 Å². The van der Waals surface area contributed by atoms with Gasteiger partial charge in [-0.2, -0.15) is 0 Å². The maximum Gasteiger partial charge on any atom is 0.411 e. The van der Waals surface area contributed by atoms with Gasteiger partial charge in [-0.1, -0.05) is 54.6 Å². The molecule has 0 unspecified atom stereocenters. The number of carbonyl (C=O) groups is 2. The topological polar surface area (TPSA) is 84.7 Å². The van der Waals surface area contributed by atoms with Gasteiger partial charge in [0, 0.05) is 37.2 Å². The van der Waals surface area contributed by atoms with Gasteiger partial charge in [-0.05, 0) is 49.8 Å². The second-order valence-electron chi connectivity index (χ2n) is 11.4. The number of benzene rings is 2. The minimum absolute atomic E-state index is 0.0583. The number of hydrogen-bond acceptors (Lipinski definition) is 4. The lowest BCUT2D eigenvalue weighted by atomic mass is 9.71. The Morgan fingerprint density at radius 3 is 2.33 bits per heavy atom. The molecule has 2 heterocycles. The molecule has 2 N–H and O–H groups in total. The number of nitrogens with one attached hydrogen (secondary N) is 2. The highest BCUT2D eigenvalue weighted by Crippen LogP contribution is 2.42. The van der Waals surface area contributed by atoms with E-state index in [-0.39, 0.29) is 5.91 Å². The van der Waals surface area contributed by atoms with Crippen molar-refractivity contribution in [3.63, 3.8) is 0 Å². The average molecular weight is 522 g/mol. The van der Waals surface area contributed by atoms with Crippen LogP contribution in [-0.2, 0) is 10.3 Å². The van der Waals surface area contributed by atoms with Crippen molar-refractivity contribution in [2.24, 2.45) is 0 Å². The Bertz CT molecular complexity index is 1530. The van der Waals surface area contributed by atoms with Gasteiger partial charge in [0.25, 0.3) is 5.91 Å². The van der Waals surface area contributed by atoms with Gasteiger partial charge in [0.1, 0.15) is 12.6 Å². The number of alkyl carbamates (subject to hydrolysis) is 1. The number of ether oxygens (including phenoxy) is 1. The van der Waals surface area contributed by atoms with E-state index in [0.29, 0.717) is 11.6 Å². The van der Waals surface area contributed by atoms with Crippen LogP contribution in [0.1, 0.15) is 61.9 Å². The Morgan fingerprint density at radius 2 is 1.72 bits per heavy atom. The van der Waals surface area contributed by atoms with Crippen molar-refractivity contribution in [3.8, 4) is 22.5 Å². The van der Waals surface area contributed by atoms with E-state index in [1.165, 1.54) is 0 Å². The number of hydrogen-bond donors (Lipinski definition) is 2. The first-order valence-corrected chi connectivity index (χ1v) is 13.6. The number of pyridine rings is 1. The van der Waals surface area contributed by atoms with Crippen LogP contribution in [0.15, 0.2) is 72.9 Å². The number of aromatic nitrogens is 2. The Hall–Kier alpha value is -4.26. The van der Waals surface area contributed by atoms with Crippen LogP contribution in [0.5, 0.6) is 0 Å². The molecule has 39 heavy (non-hydrogen) atoms. The molecule has 2 aromatic heterocycles. The highest BCUT2D eigenvalue weighted by molar-refractivity contribution is 5.95. The Kier molecular flexibility index (Phi) is 6.09. The van der Waals surface area contributed by atoms with Gasteiger partial charge in [-0.25, -0.2) is 9.78 Å². The fourth-order valence-electron chi connectivity index (χ4n) is 5.18. The molecule has 2 fully saturated rings. The molecule has 2 saturated carbocycles. The van der Waals surface area contributed by atoms with Crippen LogP contribution < -0.4 is 10.6 Å². The van der Waals surface area contributed by atoms with Crippen molar-refractivity contribution in [1.29, 1.82) is 0 Å². The van der Waals surface area contributed by atoms with Crippen LogP contribution in [0.25, 0.3) is 28.2 Å². The summed E-state index contributed by atoms with van der Waals surface area (Å²) in [5.74, 6) is -0.0583. The fourth-order valence-corrected chi connectivity index (χ4v) is 5.18. The van der Waals surface area contributed by atoms with E-state index in [2.05, 4.69) is 54.0 Å². The number of nitrogens with zero attached hydrogens (tertiary/aromatic N) is 2. The molecule has 0 spiro atoms. The summed E-state index contributed by atoms with van der Waals surface area (Å²) in [5, 5.41) is 6.17. The second-order valence-corrected chi connectivity index (χ2v) is 11.4. The summed E-state index contributed by atoms with van der Waals surface area (Å²) in [5.41, 5.74) is 4.92. The van der Waals surface area contributed by atoms with Crippen molar-refractivity contribution in [3.05, 3.63) is 91.0 Å². The van der Waals surface area contributed by atoms with Crippen molar-refractivity contribution in [2.45, 2.75) is 63.1 Å². The van der Waals surface area contributed by atoms with E-state index < -0.39 is 17.2 Å². The summed E-state index contributed by atoms with van der Waals surface area (Å²) in [7, 11) is 0. The van der Waals surface area contributed by atoms with E-state index in [1.54, 1.807) is 13.8 Å². The minimum atomic E-state index is -0.797. The molecule has 7 nitrogen and oxygen atoms in total. The predicted molar refractivity (Wildman–Crippen MR) is 151 cm³/mol. The number of rotatable bonds is 7. The third-order valence-corrected chi connectivity index (χ3v) is 7.47. The molecule has 198 valence electrons. The SMILES string of the molecule is [CH2+]C(C)(C)OC(=O)NC1(c2ccc(-c3nc4ccc(C(=O)NC5CC5)cn4c3-c3ccccc3)cc2)CCC1. The Labute approximate surface area is 228 Å². The molecule has 0 saturated heterocycles. The third kappa shape index (κ3) is 5.09. The molecule has 0 atom stereocenters. The smallest absolute Gasteiger partial charge is 0.403 e. The van der Waals surface area contributed by atoms with E-state index in [9.17, 15) is 9.59 Å². The molecule has 2 aliphatic rings. The van der Waals surface area contributed by atoms with E-state index >= 15 is 0 Å². The molecule has 2 aliphatic carbocycles. The molecular weight excluding hydrogens is 488 g/mol. The van der Waals surface area contributed by atoms with Gasteiger partial charge in [0.15, 0.2) is 0 Å². The third-order valence-electron chi connectivity index (χ3n) is 7.47. The highest BCUT2D eigenvalue weighted by Gasteiger charge is 2.41. The average Bonchev–Trinajstić information content (AvgIpc) is 3.62. The Morgan fingerprint density at radius 1 is 1.00 bits per heavy atom. The molecule has 6 rings (SSSR count). The largest absolute Gasteiger partial charge is 0.411 e. The summed E-state index contributed by atoms with van der Waals surface area (Å²) in [6.45, 7) is 7.39. The summed E-state index contributed by atoms with van der Waals surface area (Å²) in [6, 6.07) is 22.4. The normalized spacial score (nSPS) is 16.4. The number of carbonyl (C=O) groups excluding carboxylic acids is 2. The fraction of sp³-hybridized carbons (Fsp3) is 0.312. The minimum Gasteiger partial charge on any atom is -0.403 e. The number of imidazole rings is 1. The van der Waals surface area contributed by atoms with Crippen LogP contribution in [0.4, 0.5) is 4.79 Å². The van der Waals surface area contributed by atoms with Crippen LogP contribution >= 0.6 is 0 Å². The first-order valence-electron chi connectivity index (χ1n) is 13.6. The standard InChI is InChI=1S/C32H32N4O3/c1-31(2,3)39-30(38)35-32(18-7-19-32)24-13-10-21(11-14-24)27-28(22-8-5-4-6-9-22)36-20-23(12-17-26(36)34-27)29(37)33-25-15-16-25/h4-6,8-14,17,20,25H,1,7,15-16,18-19H2,2-3H3,(H-,33,35,37,38)/p+1. The maximum atomic E-state index is 12.8. The summed E-state index contributed by atoms with van der Waals surface area (Å²) >= 11 is 0. The molecular formula is C32H33N4O3+. The lowest BCUT2D eigenvalue weighted by Crippen LogP contribution is -2.52. The lowest BCUT2D eigenvalue weighted by molar-refractivity contribution is 0.0525. The van der Waals surface area contributed by atoms with Crippen molar-refractivity contribution in [1.82, 2.24) is 20.0 Å². The molecule has 0 radical (unpaired) electrons. The first kappa shape index (κ1) is 25.0. The van der Waals surface area contributed by atoms with Gasteiger partial charge in [-0.15, -0.1) is 0 Å². The summed E-state index contributed by atoms with van der Waals surface area (Å²) in [4.78, 5) is 30.3. The monoisotopic (exact) mass is 521 g/mol. The van der Waals surface area contributed by atoms with Crippen LogP contribution in [0.2, 0.25) is 0 Å². The summed E-state index contributed by atoms with van der Waals surface area (Å²) < 4.78 is 7.44. The molecule has 2 amide bonds. The van der Waals surface area contributed by atoms with Crippen LogP contribution in [0.3, 0.4) is 0 Å². The molecule has 2 aromatic carbocycles. The molecule has 0 aliphatic heterocycles. The van der Waals surface area contributed by atoms with Gasteiger partial charge in [-0.3, -0.25) is 9.20 Å². The quantitative estimate of drug-likeness (QED) is 0.280. The van der Waals surface area contributed by atoms with Crippen molar-refractivity contribution in [2.75, 3.05) is 0 Å². The zero-order valence-electron chi connectivity index (χ0n) is 22.4. The zero-order chi connectivity index (χ0) is 27.2. The van der Waals surface area contributed by atoms with Gasteiger partial charge >= 0.3 is 6.09 Å². The highest BCUT2D eigenvalue weighted by atomic mass is 16.6. The molecule has 0 bridgehead atoms. The maximum absolute atomic E-state index is 12.8. The Balaban J connectivity index is 1.36. The van der Waals surface area contributed by atoms with E-state index in [4.69, 9.17) is 9.72 Å². The van der Waals surface area contributed by atoms with Crippen LogP contribution in [0, 0.1) is 6.92 Å². The van der Waals surface area contributed by atoms with Crippen LogP contribution in [-0.4, -0.2) is 33.0 Å². The summed E-state index contributed by atoms with van der Waals surface area (Å²) in [6.07, 6.45) is 6.26. The van der Waals surface area contributed by atoms with Crippen molar-refractivity contribution >= 4 is 17.6 Å². The number of fused-ring (bicyclic) bond motifs is 1. The zero-order valence-corrected chi connectivity index (χ0v) is 22.4. The first-order chi connectivity index (χ1) is 18.7. The number of amides is 2. The van der Waals surface area contributed by atoms with Gasteiger partial charge < -0.3 is 15.4 Å². The molecule has 7 heteroatoms. The molecule has 4 aromatic rings. The van der Waals surface area contributed by atoms with Crippen molar-refractivity contribution < 1.29 is 14.3 Å². The second kappa shape index (κ2) is 9.49. The predicted octanol–water partition coefficient (Wildman–Crippen LogP) is 6.28. The van der Waals surface area contributed by atoms with Gasteiger partial charge in [0.2, 0.25) is 5.60 Å². The lowest BCUT2D eigenvalue weighted by Gasteiger charge is -2.42.